The number of carbonyl (C=O) groups excluding carboxylic acids is 2. The molecule has 6 nitrogen and oxygen atoms in total. The summed E-state index contributed by atoms with van der Waals surface area (Å²) in [7, 11) is 0. The summed E-state index contributed by atoms with van der Waals surface area (Å²) in [6.45, 7) is 0. The van der Waals surface area contributed by atoms with E-state index in [0.29, 0.717) is 33.6 Å². The molecule has 0 atom stereocenters. The molecule has 0 saturated heterocycles. The normalized spacial score (nSPS) is 12.1. The second kappa shape index (κ2) is 8.37. The van der Waals surface area contributed by atoms with E-state index in [1.807, 2.05) is 36.4 Å². The van der Waals surface area contributed by atoms with Crippen LogP contribution in [0, 0.1) is 10.1 Å². The number of rotatable bonds is 5. The van der Waals surface area contributed by atoms with Gasteiger partial charge in [0.1, 0.15) is 0 Å². The zero-order valence-corrected chi connectivity index (χ0v) is 18.0. The fraction of sp³-hybridized carbons (Fsp3) is 0. The first-order valence-corrected chi connectivity index (χ1v) is 10.9. The molecule has 0 unspecified atom stereocenters. The predicted molar refractivity (Wildman–Crippen MR) is 127 cm³/mol. The van der Waals surface area contributed by atoms with Gasteiger partial charge >= 0.3 is 0 Å². The summed E-state index contributed by atoms with van der Waals surface area (Å²) in [5, 5.41) is 14.0. The van der Waals surface area contributed by atoms with E-state index in [4.69, 9.17) is 0 Å². The minimum absolute atomic E-state index is 0.0285. The largest absolute Gasteiger partial charge is 0.355 e. The van der Waals surface area contributed by atoms with Crippen LogP contribution in [0.2, 0.25) is 0 Å². The maximum Gasteiger partial charge on any atom is 0.269 e. The highest BCUT2D eigenvalue weighted by atomic mass is 32.2. The van der Waals surface area contributed by atoms with E-state index < -0.39 is 4.92 Å². The number of anilines is 2. The number of nitro groups is 1. The van der Waals surface area contributed by atoms with Crippen LogP contribution in [-0.4, -0.2) is 16.5 Å². The number of carbonyl (C=O) groups is 2. The summed E-state index contributed by atoms with van der Waals surface area (Å²) in [6.07, 6.45) is 0. The van der Waals surface area contributed by atoms with Crippen LogP contribution < -0.4 is 5.32 Å². The van der Waals surface area contributed by atoms with Gasteiger partial charge in [-0.2, -0.15) is 0 Å². The molecule has 0 aliphatic heterocycles. The molecule has 1 aliphatic rings. The number of ketones is 2. The molecule has 0 saturated carbocycles. The van der Waals surface area contributed by atoms with Crippen LogP contribution in [0.15, 0.2) is 101 Å². The molecular weight excluding hydrogens is 436 g/mol. The minimum Gasteiger partial charge on any atom is -0.355 e. The average Bonchev–Trinajstić information content (AvgIpc) is 2.83. The highest BCUT2D eigenvalue weighted by Crippen LogP contribution is 2.39. The maximum atomic E-state index is 13.5. The van der Waals surface area contributed by atoms with Gasteiger partial charge in [-0.15, -0.1) is 0 Å². The van der Waals surface area contributed by atoms with Gasteiger partial charge in [-0.25, -0.2) is 0 Å². The molecule has 0 aromatic heterocycles. The van der Waals surface area contributed by atoms with Crippen molar-refractivity contribution >= 4 is 40.4 Å². The van der Waals surface area contributed by atoms with E-state index in [0.717, 1.165) is 9.79 Å². The van der Waals surface area contributed by atoms with Gasteiger partial charge in [0.2, 0.25) is 0 Å². The van der Waals surface area contributed by atoms with Gasteiger partial charge in [-0.05, 0) is 36.4 Å². The highest BCUT2D eigenvalue weighted by Gasteiger charge is 2.33. The number of nitrogens with zero attached hydrogens (tertiary/aromatic N) is 1. The van der Waals surface area contributed by atoms with E-state index in [1.54, 1.807) is 42.5 Å². The Morgan fingerprint density at radius 1 is 0.697 bits per heavy atom. The lowest BCUT2D eigenvalue weighted by Gasteiger charge is -2.22. The zero-order chi connectivity index (χ0) is 22.9. The Balaban J connectivity index is 1.54. The molecule has 0 radical (unpaired) electrons. The van der Waals surface area contributed by atoms with Crippen molar-refractivity contribution < 1.29 is 14.5 Å². The second-order valence-electron chi connectivity index (χ2n) is 7.41. The van der Waals surface area contributed by atoms with Crippen LogP contribution in [0.25, 0.3) is 0 Å². The first-order valence-electron chi connectivity index (χ1n) is 10.1. The molecule has 4 aromatic carbocycles. The first kappa shape index (κ1) is 20.7. The summed E-state index contributed by atoms with van der Waals surface area (Å²) in [6, 6.07) is 26.0. The van der Waals surface area contributed by atoms with Gasteiger partial charge in [0.05, 0.1) is 16.2 Å². The first-order chi connectivity index (χ1) is 16.0. The lowest BCUT2D eigenvalue weighted by molar-refractivity contribution is -0.384. The SMILES string of the molecule is O=C1c2cccc(Sc3ccccc3)c2C(=O)c2cccc(Nc3ccc([N+](=O)[O-])cc3)c21. The molecule has 33 heavy (non-hydrogen) atoms. The molecule has 0 spiro atoms. The third-order valence-corrected chi connectivity index (χ3v) is 6.43. The molecule has 160 valence electrons. The molecule has 1 aliphatic carbocycles. The van der Waals surface area contributed by atoms with Gasteiger partial charge in [0.25, 0.3) is 5.69 Å². The van der Waals surface area contributed by atoms with Gasteiger partial charge in [-0.1, -0.05) is 54.2 Å². The van der Waals surface area contributed by atoms with Gasteiger partial charge in [0, 0.05) is 44.3 Å². The van der Waals surface area contributed by atoms with Crippen molar-refractivity contribution in [2.24, 2.45) is 0 Å². The van der Waals surface area contributed by atoms with Crippen LogP contribution in [0.4, 0.5) is 17.1 Å². The predicted octanol–water partition coefficient (Wildman–Crippen LogP) is 6.27. The quantitative estimate of drug-likeness (QED) is 0.250. The van der Waals surface area contributed by atoms with Crippen LogP contribution in [-0.2, 0) is 0 Å². The molecule has 0 bridgehead atoms. The van der Waals surface area contributed by atoms with E-state index in [-0.39, 0.29) is 17.3 Å². The molecule has 0 fully saturated rings. The molecule has 0 amide bonds. The van der Waals surface area contributed by atoms with Crippen molar-refractivity contribution in [1.29, 1.82) is 0 Å². The van der Waals surface area contributed by atoms with E-state index >= 15 is 0 Å². The topological polar surface area (TPSA) is 89.3 Å². The van der Waals surface area contributed by atoms with Crippen molar-refractivity contribution in [2.75, 3.05) is 5.32 Å². The lowest BCUT2D eigenvalue weighted by Crippen LogP contribution is -2.23. The van der Waals surface area contributed by atoms with Gasteiger partial charge < -0.3 is 5.32 Å². The molecule has 7 heteroatoms. The number of hydrogen-bond donors (Lipinski definition) is 1. The molecule has 0 heterocycles. The number of hydrogen-bond acceptors (Lipinski definition) is 6. The van der Waals surface area contributed by atoms with Gasteiger partial charge in [0.15, 0.2) is 11.6 Å². The lowest BCUT2D eigenvalue weighted by atomic mass is 9.83. The van der Waals surface area contributed by atoms with Gasteiger partial charge in [-0.3, -0.25) is 19.7 Å². The Kier molecular flexibility index (Phi) is 5.24. The average molecular weight is 452 g/mol. The highest BCUT2D eigenvalue weighted by molar-refractivity contribution is 7.99. The Hall–Kier alpha value is -4.23. The second-order valence-corrected chi connectivity index (χ2v) is 8.52. The van der Waals surface area contributed by atoms with Crippen LogP contribution >= 0.6 is 11.8 Å². The molecule has 4 aromatic rings. The van der Waals surface area contributed by atoms with Crippen LogP contribution in [0.1, 0.15) is 31.8 Å². The Morgan fingerprint density at radius 3 is 2.03 bits per heavy atom. The molecule has 1 N–H and O–H groups in total. The summed E-state index contributed by atoms with van der Waals surface area (Å²) in [5.41, 5.74) is 2.44. The Labute approximate surface area is 193 Å². The molecular formula is C26H16N2O4S. The summed E-state index contributed by atoms with van der Waals surface area (Å²) in [4.78, 5) is 39.2. The van der Waals surface area contributed by atoms with Crippen molar-refractivity contribution in [1.82, 2.24) is 0 Å². The molecule has 5 rings (SSSR count). The van der Waals surface area contributed by atoms with E-state index in [1.165, 1.54) is 23.9 Å². The maximum absolute atomic E-state index is 13.5. The standard InChI is InChI=1S/C26H16N2O4S/c29-25-20-9-5-11-22(33-18-6-2-1-3-7-18)24(20)26(30)19-8-4-10-21(23(19)25)27-16-12-14-17(15-13-16)28(31)32/h1-15,27H. The van der Waals surface area contributed by atoms with E-state index in [2.05, 4.69) is 5.32 Å². The van der Waals surface area contributed by atoms with Crippen LogP contribution in [0.5, 0.6) is 0 Å². The number of nitro benzene ring substituents is 1. The minimum atomic E-state index is -0.474. The number of non-ortho nitro benzene ring substituents is 1. The van der Waals surface area contributed by atoms with Crippen molar-refractivity contribution in [3.05, 3.63) is 123 Å². The van der Waals surface area contributed by atoms with Crippen molar-refractivity contribution in [3.63, 3.8) is 0 Å². The fourth-order valence-corrected chi connectivity index (χ4v) is 4.84. The summed E-state index contributed by atoms with van der Waals surface area (Å²) in [5.74, 6) is -0.439. The summed E-state index contributed by atoms with van der Waals surface area (Å²) < 4.78 is 0. The number of nitrogens with one attached hydrogen (secondary N) is 1. The zero-order valence-electron chi connectivity index (χ0n) is 17.1. The van der Waals surface area contributed by atoms with Crippen molar-refractivity contribution in [2.45, 2.75) is 9.79 Å². The number of fused-ring (bicyclic) bond motifs is 2. The van der Waals surface area contributed by atoms with E-state index in [9.17, 15) is 19.7 Å². The Bertz CT molecular complexity index is 1420. The third-order valence-electron chi connectivity index (χ3n) is 5.36. The number of benzene rings is 4. The van der Waals surface area contributed by atoms with Crippen LogP contribution in [0.3, 0.4) is 0 Å². The summed E-state index contributed by atoms with van der Waals surface area (Å²) >= 11 is 1.45. The van der Waals surface area contributed by atoms with Crippen molar-refractivity contribution in [3.8, 4) is 0 Å². The fourth-order valence-electron chi connectivity index (χ4n) is 3.84. The third kappa shape index (κ3) is 3.79. The monoisotopic (exact) mass is 452 g/mol. The Morgan fingerprint density at radius 2 is 1.33 bits per heavy atom. The smallest absolute Gasteiger partial charge is 0.269 e.